The van der Waals surface area contributed by atoms with E-state index in [-0.39, 0.29) is 5.82 Å². The van der Waals surface area contributed by atoms with E-state index in [0.717, 1.165) is 15.3 Å². The second-order valence-corrected chi connectivity index (χ2v) is 4.56. The van der Waals surface area contributed by atoms with Crippen LogP contribution in [0.5, 0.6) is 0 Å². The molecule has 1 heterocycles. The molecule has 2 aromatic rings. The van der Waals surface area contributed by atoms with Crippen LogP contribution in [-0.4, -0.2) is 5.91 Å². The van der Waals surface area contributed by atoms with Crippen molar-refractivity contribution in [2.45, 2.75) is 0 Å². The van der Waals surface area contributed by atoms with Crippen LogP contribution in [0.15, 0.2) is 42.5 Å². The zero-order chi connectivity index (χ0) is 12.3. The Morgan fingerprint density at radius 2 is 1.88 bits per heavy atom. The van der Waals surface area contributed by atoms with Crippen LogP contribution in [0.4, 0.5) is 4.39 Å². The zero-order valence-corrected chi connectivity index (χ0v) is 9.71. The number of rotatable bonds is 3. The Morgan fingerprint density at radius 3 is 2.53 bits per heavy atom. The summed E-state index contributed by atoms with van der Waals surface area (Å²) in [5.74, 6) is -0.721. The van der Waals surface area contributed by atoms with Crippen molar-refractivity contribution in [1.82, 2.24) is 0 Å². The number of nitrogens with two attached hydrogens (primary N) is 1. The minimum Gasteiger partial charge on any atom is -0.366 e. The Balaban J connectivity index is 2.23. The van der Waals surface area contributed by atoms with Crippen molar-refractivity contribution >= 4 is 23.3 Å². The predicted octanol–water partition coefficient (Wildman–Crippen LogP) is 3.05. The first-order valence-corrected chi connectivity index (χ1v) is 5.80. The number of primary amides is 1. The molecular weight excluding hydrogens is 237 g/mol. The van der Waals surface area contributed by atoms with Crippen LogP contribution < -0.4 is 5.73 Å². The normalized spacial score (nSPS) is 10.9. The second-order valence-electron chi connectivity index (χ2n) is 3.44. The van der Waals surface area contributed by atoms with Crippen molar-refractivity contribution in [3.05, 3.63) is 53.2 Å². The average molecular weight is 247 g/mol. The molecule has 0 radical (unpaired) electrons. The highest BCUT2D eigenvalue weighted by Crippen LogP contribution is 2.28. The molecule has 0 bridgehead atoms. The lowest BCUT2D eigenvalue weighted by Crippen LogP contribution is -2.04. The van der Waals surface area contributed by atoms with Crippen molar-refractivity contribution < 1.29 is 9.18 Å². The summed E-state index contributed by atoms with van der Waals surface area (Å²) < 4.78 is 12.8. The van der Waals surface area contributed by atoms with Gasteiger partial charge in [-0.2, -0.15) is 0 Å². The van der Waals surface area contributed by atoms with Crippen molar-refractivity contribution in [2.24, 2.45) is 5.73 Å². The second kappa shape index (κ2) is 4.93. The first kappa shape index (κ1) is 11.5. The van der Waals surface area contributed by atoms with E-state index in [4.69, 9.17) is 5.73 Å². The summed E-state index contributed by atoms with van der Waals surface area (Å²) in [5, 5.41) is 0. The zero-order valence-electron chi connectivity index (χ0n) is 8.89. The van der Waals surface area contributed by atoms with Gasteiger partial charge >= 0.3 is 0 Å². The molecule has 2 nitrogen and oxygen atoms in total. The molecule has 2 N–H and O–H groups in total. The minimum absolute atomic E-state index is 0.251. The molecule has 0 fully saturated rings. The number of carbonyl (C=O) groups excluding carboxylic acids is 1. The molecule has 0 unspecified atom stereocenters. The number of carbonyl (C=O) groups is 1. The molecule has 1 aromatic carbocycles. The topological polar surface area (TPSA) is 43.1 Å². The van der Waals surface area contributed by atoms with Gasteiger partial charge in [0.05, 0.1) is 0 Å². The van der Waals surface area contributed by atoms with E-state index in [0.29, 0.717) is 0 Å². The summed E-state index contributed by atoms with van der Waals surface area (Å²) in [4.78, 5) is 12.5. The summed E-state index contributed by atoms with van der Waals surface area (Å²) in [6, 6.07) is 10.1. The molecule has 86 valence electrons. The van der Waals surface area contributed by atoms with Crippen LogP contribution in [0.3, 0.4) is 0 Å². The van der Waals surface area contributed by atoms with Gasteiger partial charge < -0.3 is 5.73 Å². The van der Waals surface area contributed by atoms with Crippen LogP contribution in [0.25, 0.3) is 16.5 Å². The summed E-state index contributed by atoms with van der Waals surface area (Å²) in [6.07, 6.45) is 2.99. The van der Waals surface area contributed by atoms with Crippen molar-refractivity contribution in [3.63, 3.8) is 0 Å². The summed E-state index contributed by atoms with van der Waals surface area (Å²) in [6.45, 7) is 0. The van der Waals surface area contributed by atoms with Gasteiger partial charge in [0.15, 0.2) is 0 Å². The smallest absolute Gasteiger partial charge is 0.241 e. The molecule has 0 saturated carbocycles. The van der Waals surface area contributed by atoms with Gasteiger partial charge in [-0.25, -0.2) is 4.39 Å². The van der Waals surface area contributed by atoms with Gasteiger partial charge in [-0.3, -0.25) is 4.79 Å². The molecule has 0 aliphatic rings. The van der Waals surface area contributed by atoms with Gasteiger partial charge in [0.2, 0.25) is 5.91 Å². The van der Waals surface area contributed by atoms with E-state index in [2.05, 4.69) is 0 Å². The molecular formula is C13H10FNOS. The molecule has 1 amide bonds. The van der Waals surface area contributed by atoms with Gasteiger partial charge in [-0.1, -0.05) is 12.1 Å². The van der Waals surface area contributed by atoms with E-state index in [1.165, 1.54) is 29.5 Å². The summed E-state index contributed by atoms with van der Waals surface area (Å²) in [7, 11) is 0. The van der Waals surface area contributed by atoms with Gasteiger partial charge in [0.1, 0.15) is 5.82 Å². The Bertz CT molecular complexity index is 557. The van der Waals surface area contributed by atoms with Gasteiger partial charge in [-0.15, -0.1) is 11.3 Å². The molecule has 0 aliphatic heterocycles. The van der Waals surface area contributed by atoms with Crippen LogP contribution in [0, 0.1) is 5.82 Å². The maximum absolute atomic E-state index is 12.8. The third-order valence-electron chi connectivity index (χ3n) is 2.17. The lowest BCUT2D eigenvalue weighted by Gasteiger charge is -1.95. The average Bonchev–Trinajstić information content (AvgIpc) is 2.76. The van der Waals surface area contributed by atoms with Gasteiger partial charge in [0, 0.05) is 15.8 Å². The molecule has 2 rings (SSSR count). The lowest BCUT2D eigenvalue weighted by molar-refractivity contribution is -0.113. The van der Waals surface area contributed by atoms with Crippen molar-refractivity contribution in [3.8, 4) is 10.4 Å². The Morgan fingerprint density at radius 1 is 1.18 bits per heavy atom. The molecule has 0 saturated heterocycles. The third kappa shape index (κ3) is 3.01. The fraction of sp³-hybridized carbons (Fsp3) is 0. The lowest BCUT2D eigenvalue weighted by atomic mass is 10.2. The number of hydrogen-bond acceptors (Lipinski definition) is 2. The van der Waals surface area contributed by atoms with Crippen LogP contribution in [0.2, 0.25) is 0 Å². The molecule has 1 aromatic heterocycles. The molecule has 0 spiro atoms. The largest absolute Gasteiger partial charge is 0.366 e. The molecule has 0 atom stereocenters. The van der Waals surface area contributed by atoms with Crippen LogP contribution in [-0.2, 0) is 4.79 Å². The summed E-state index contributed by atoms with van der Waals surface area (Å²) >= 11 is 1.52. The minimum atomic E-state index is -0.471. The Hall–Kier alpha value is -1.94. The maximum Gasteiger partial charge on any atom is 0.241 e. The number of hydrogen-bond donors (Lipinski definition) is 1. The first-order valence-electron chi connectivity index (χ1n) is 4.98. The van der Waals surface area contributed by atoms with E-state index < -0.39 is 5.91 Å². The van der Waals surface area contributed by atoms with E-state index in [1.807, 2.05) is 12.1 Å². The standard InChI is InChI=1S/C13H10FNOS/c14-10-3-1-9(2-4-10)12-7-5-11(17-12)6-8-13(15)16/h1-8H,(H2,15,16)/b8-6+. The maximum atomic E-state index is 12.8. The predicted molar refractivity (Wildman–Crippen MR) is 67.9 cm³/mol. The Labute approximate surface area is 102 Å². The van der Waals surface area contributed by atoms with E-state index in [1.54, 1.807) is 18.2 Å². The summed E-state index contributed by atoms with van der Waals surface area (Å²) in [5.41, 5.74) is 5.97. The van der Waals surface area contributed by atoms with Gasteiger partial charge in [0.25, 0.3) is 0 Å². The van der Waals surface area contributed by atoms with Crippen molar-refractivity contribution in [2.75, 3.05) is 0 Å². The Kier molecular flexibility index (Phi) is 3.35. The third-order valence-corrected chi connectivity index (χ3v) is 3.27. The van der Waals surface area contributed by atoms with Crippen LogP contribution >= 0.6 is 11.3 Å². The molecule has 0 aliphatic carbocycles. The molecule has 4 heteroatoms. The monoisotopic (exact) mass is 247 g/mol. The number of halogens is 1. The number of benzene rings is 1. The molecule has 17 heavy (non-hydrogen) atoms. The SMILES string of the molecule is NC(=O)/C=C/c1ccc(-c2ccc(F)cc2)s1. The van der Waals surface area contributed by atoms with E-state index in [9.17, 15) is 9.18 Å². The fourth-order valence-corrected chi connectivity index (χ4v) is 2.29. The van der Waals surface area contributed by atoms with Gasteiger partial charge in [-0.05, 0) is 35.9 Å². The fourth-order valence-electron chi connectivity index (χ4n) is 1.38. The van der Waals surface area contributed by atoms with Crippen LogP contribution in [0.1, 0.15) is 4.88 Å². The number of thiophene rings is 1. The quantitative estimate of drug-likeness (QED) is 0.832. The number of amides is 1. The highest BCUT2D eigenvalue weighted by Gasteiger charge is 2.01. The van der Waals surface area contributed by atoms with Crippen molar-refractivity contribution in [1.29, 1.82) is 0 Å². The first-order chi connectivity index (χ1) is 8.15. The highest BCUT2D eigenvalue weighted by atomic mass is 32.1. The highest BCUT2D eigenvalue weighted by molar-refractivity contribution is 7.16. The van der Waals surface area contributed by atoms with E-state index >= 15 is 0 Å².